The number of benzene rings is 2. The molecule has 33 heavy (non-hydrogen) atoms. The maximum atomic E-state index is 13.7. The number of carbonyl (C=O) groups excluding carboxylic acids is 1. The molecule has 2 aromatic heterocycles. The van der Waals surface area contributed by atoms with Crippen LogP contribution in [0.4, 0.5) is 0 Å². The fourth-order valence-electron chi connectivity index (χ4n) is 4.33. The van der Waals surface area contributed by atoms with E-state index >= 15 is 0 Å². The molecule has 7 heteroatoms. The lowest BCUT2D eigenvalue weighted by atomic mass is 9.98. The van der Waals surface area contributed by atoms with Crippen LogP contribution >= 0.6 is 22.9 Å². The predicted octanol–water partition coefficient (Wildman–Crippen LogP) is 6.66. The van der Waals surface area contributed by atoms with E-state index in [1.807, 2.05) is 66.4 Å². The maximum absolute atomic E-state index is 13.7. The van der Waals surface area contributed by atoms with Crippen molar-refractivity contribution in [3.63, 3.8) is 0 Å². The molecular weight excluding hydrogens is 454 g/mol. The van der Waals surface area contributed by atoms with Crippen LogP contribution in [0.5, 0.6) is 0 Å². The van der Waals surface area contributed by atoms with Crippen molar-refractivity contribution < 1.29 is 9.21 Å². The van der Waals surface area contributed by atoms with Gasteiger partial charge in [0.1, 0.15) is 17.7 Å². The molecule has 0 aliphatic carbocycles. The highest BCUT2D eigenvalue weighted by atomic mass is 35.5. The smallest absolute Gasteiger partial charge is 0.274 e. The first-order chi connectivity index (χ1) is 16.1. The van der Waals surface area contributed by atoms with Crippen LogP contribution < -0.4 is 0 Å². The van der Waals surface area contributed by atoms with Crippen LogP contribution in [0.2, 0.25) is 5.02 Å². The zero-order valence-corrected chi connectivity index (χ0v) is 19.9. The van der Waals surface area contributed by atoms with Gasteiger partial charge in [0.15, 0.2) is 5.89 Å². The molecule has 0 spiro atoms. The van der Waals surface area contributed by atoms with E-state index in [0.717, 1.165) is 46.0 Å². The summed E-state index contributed by atoms with van der Waals surface area (Å²) >= 11 is 7.60. The summed E-state index contributed by atoms with van der Waals surface area (Å²) in [5.41, 5.74) is 3.32. The van der Waals surface area contributed by atoms with Crippen LogP contribution in [0.15, 0.2) is 65.3 Å². The molecular formula is C26H24ClN3O2S. The van der Waals surface area contributed by atoms with Gasteiger partial charge in [-0.05, 0) is 43.9 Å². The van der Waals surface area contributed by atoms with Crippen molar-refractivity contribution in [2.45, 2.75) is 38.6 Å². The van der Waals surface area contributed by atoms with E-state index in [1.165, 1.54) is 11.3 Å². The molecule has 1 atom stereocenters. The quantitative estimate of drug-likeness (QED) is 0.322. The van der Waals surface area contributed by atoms with E-state index in [-0.39, 0.29) is 11.9 Å². The minimum absolute atomic E-state index is 0.0242. The number of thiazole rings is 1. The molecule has 1 aliphatic rings. The zero-order chi connectivity index (χ0) is 22.8. The molecule has 1 amide bonds. The molecule has 0 saturated carbocycles. The molecule has 3 heterocycles. The number of nitrogens with zero attached hydrogens (tertiary/aromatic N) is 3. The Morgan fingerprint density at radius 3 is 2.67 bits per heavy atom. The molecule has 1 aliphatic heterocycles. The number of hydrogen-bond donors (Lipinski definition) is 0. The van der Waals surface area contributed by atoms with Gasteiger partial charge in [0.2, 0.25) is 0 Å². The number of rotatable bonds is 5. The van der Waals surface area contributed by atoms with E-state index in [2.05, 4.69) is 9.97 Å². The highest BCUT2D eigenvalue weighted by Crippen LogP contribution is 2.33. The summed E-state index contributed by atoms with van der Waals surface area (Å²) in [6.45, 7) is 2.65. The number of aromatic nitrogens is 2. The van der Waals surface area contributed by atoms with Crippen molar-refractivity contribution in [2.24, 2.45) is 0 Å². The summed E-state index contributed by atoms with van der Waals surface area (Å²) in [5.74, 6) is 0.634. The van der Waals surface area contributed by atoms with Crippen LogP contribution in [0, 0.1) is 6.92 Å². The maximum Gasteiger partial charge on any atom is 0.274 e. The SMILES string of the molecule is Cc1nc(C(=O)N2CCCCC2Cc2nc(-c3ccccc3)co2)c(-c2ccc(Cl)cc2)s1. The fraction of sp³-hybridized carbons (Fsp3) is 0.269. The minimum Gasteiger partial charge on any atom is -0.448 e. The molecule has 4 aromatic rings. The summed E-state index contributed by atoms with van der Waals surface area (Å²) in [4.78, 5) is 25.9. The largest absolute Gasteiger partial charge is 0.448 e. The van der Waals surface area contributed by atoms with Crippen molar-refractivity contribution >= 4 is 28.8 Å². The molecule has 0 radical (unpaired) electrons. The Hall–Kier alpha value is -2.96. The molecule has 0 N–H and O–H groups in total. The molecule has 2 aromatic carbocycles. The van der Waals surface area contributed by atoms with Gasteiger partial charge in [-0.2, -0.15) is 0 Å². The van der Waals surface area contributed by atoms with Gasteiger partial charge < -0.3 is 9.32 Å². The summed E-state index contributed by atoms with van der Waals surface area (Å²) in [6.07, 6.45) is 5.29. The average molecular weight is 478 g/mol. The number of halogens is 1. The Balaban J connectivity index is 1.39. The highest BCUT2D eigenvalue weighted by molar-refractivity contribution is 7.15. The van der Waals surface area contributed by atoms with Crippen molar-refractivity contribution in [1.29, 1.82) is 0 Å². The van der Waals surface area contributed by atoms with E-state index in [1.54, 1.807) is 6.26 Å². The molecule has 1 fully saturated rings. The van der Waals surface area contributed by atoms with Crippen molar-refractivity contribution in [1.82, 2.24) is 14.9 Å². The van der Waals surface area contributed by atoms with Gasteiger partial charge >= 0.3 is 0 Å². The van der Waals surface area contributed by atoms with Crippen LogP contribution in [-0.4, -0.2) is 33.4 Å². The molecule has 1 unspecified atom stereocenters. The van der Waals surface area contributed by atoms with Gasteiger partial charge in [-0.3, -0.25) is 4.79 Å². The third kappa shape index (κ3) is 4.72. The molecule has 5 rings (SSSR count). The van der Waals surface area contributed by atoms with Crippen LogP contribution in [0.1, 0.15) is 40.6 Å². The van der Waals surface area contributed by atoms with Crippen molar-refractivity contribution in [2.75, 3.05) is 6.54 Å². The summed E-state index contributed by atoms with van der Waals surface area (Å²) < 4.78 is 5.79. The topological polar surface area (TPSA) is 59.2 Å². The molecule has 5 nitrogen and oxygen atoms in total. The minimum atomic E-state index is -0.0242. The average Bonchev–Trinajstić information content (AvgIpc) is 3.47. The monoisotopic (exact) mass is 477 g/mol. The van der Waals surface area contributed by atoms with E-state index in [9.17, 15) is 4.79 Å². The lowest BCUT2D eigenvalue weighted by Gasteiger charge is -2.35. The summed E-state index contributed by atoms with van der Waals surface area (Å²) in [6, 6.07) is 17.6. The van der Waals surface area contributed by atoms with Crippen LogP contribution in [0.25, 0.3) is 21.7 Å². The number of aryl methyl sites for hydroxylation is 1. The fourth-order valence-corrected chi connectivity index (χ4v) is 5.37. The van der Waals surface area contributed by atoms with E-state index < -0.39 is 0 Å². The van der Waals surface area contributed by atoms with Crippen molar-refractivity contribution in [3.05, 3.63) is 82.5 Å². The van der Waals surface area contributed by atoms with Gasteiger partial charge in [0, 0.05) is 29.6 Å². The molecule has 0 bridgehead atoms. The Labute approximate surface area is 202 Å². The number of hydrogen-bond acceptors (Lipinski definition) is 5. The van der Waals surface area contributed by atoms with Gasteiger partial charge in [0.25, 0.3) is 5.91 Å². The Morgan fingerprint density at radius 2 is 1.88 bits per heavy atom. The van der Waals surface area contributed by atoms with Gasteiger partial charge in [-0.1, -0.05) is 54.1 Å². The molecule has 1 saturated heterocycles. The van der Waals surface area contributed by atoms with E-state index in [4.69, 9.17) is 16.0 Å². The number of piperidine rings is 1. The standard InChI is InChI=1S/C26H24ClN3O2S/c1-17-28-24(25(33-17)19-10-12-20(27)13-11-19)26(31)30-14-6-5-9-21(30)15-23-29-22(16-32-23)18-7-3-2-4-8-18/h2-4,7-8,10-13,16,21H,5-6,9,14-15H2,1H3. The van der Waals surface area contributed by atoms with E-state index in [0.29, 0.717) is 29.6 Å². The van der Waals surface area contributed by atoms with Gasteiger partial charge in [-0.15, -0.1) is 11.3 Å². The second-order valence-electron chi connectivity index (χ2n) is 8.26. The second kappa shape index (κ2) is 9.49. The van der Waals surface area contributed by atoms with Crippen molar-refractivity contribution in [3.8, 4) is 21.7 Å². The number of likely N-dealkylation sites (tertiary alicyclic amines) is 1. The van der Waals surface area contributed by atoms with Gasteiger partial charge in [0.05, 0.1) is 9.88 Å². The third-order valence-corrected chi connectivity index (χ3v) is 7.23. The first-order valence-corrected chi connectivity index (χ1v) is 12.3. The second-order valence-corrected chi connectivity index (χ2v) is 9.90. The number of carbonyl (C=O) groups is 1. The highest BCUT2D eigenvalue weighted by Gasteiger charge is 2.32. The molecule has 168 valence electrons. The Bertz CT molecular complexity index is 1250. The zero-order valence-electron chi connectivity index (χ0n) is 18.3. The van der Waals surface area contributed by atoms with Gasteiger partial charge in [-0.25, -0.2) is 9.97 Å². The summed E-state index contributed by atoms with van der Waals surface area (Å²) in [5, 5.41) is 1.54. The number of amides is 1. The lowest BCUT2D eigenvalue weighted by molar-refractivity contribution is 0.0601. The Kier molecular flexibility index (Phi) is 6.29. The normalized spacial score (nSPS) is 16.2. The number of oxazole rings is 1. The Morgan fingerprint density at radius 1 is 1.09 bits per heavy atom. The van der Waals surface area contributed by atoms with Crippen LogP contribution in [-0.2, 0) is 6.42 Å². The predicted molar refractivity (Wildman–Crippen MR) is 132 cm³/mol. The summed E-state index contributed by atoms with van der Waals surface area (Å²) in [7, 11) is 0. The first-order valence-electron chi connectivity index (χ1n) is 11.1. The third-order valence-electron chi connectivity index (χ3n) is 5.96. The first kappa shape index (κ1) is 21.9. The van der Waals surface area contributed by atoms with Crippen LogP contribution in [0.3, 0.4) is 0 Å². The lowest BCUT2D eigenvalue weighted by Crippen LogP contribution is -2.45.